The van der Waals surface area contributed by atoms with Crippen molar-refractivity contribution >= 4 is 11.6 Å². The maximum Gasteiger partial charge on any atom is 0.231 e. The lowest BCUT2D eigenvalue weighted by atomic mass is 10.3. The first-order chi connectivity index (χ1) is 9.02. The molecule has 0 saturated carbocycles. The lowest BCUT2D eigenvalue weighted by Gasteiger charge is -2.22. The Bertz CT molecular complexity index is 412. The fourth-order valence-corrected chi connectivity index (χ4v) is 1.67. The number of primary amides is 1. The molecule has 1 amide bonds. The summed E-state index contributed by atoms with van der Waals surface area (Å²) in [6, 6.07) is 7.09. The van der Waals surface area contributed by atoms with Crippen LogP contribution in [-0.2, 0) is 4.79 Å². The van der Waals surface area contributed by atoms with Gasteiger partial charge in [-0.15, -0.1) is 0 Å². The van der Waals surface area contributed by atoms with E-state index in [-0.39, 0.29) is 13.2 Å². The van der Waals surface area contributed by atoms with Gasteiger partial charge in [0, 0.05) is 6.54 Å². The number of amides is 1. The average Bonchev–Trinajstić information content (AvgIpc) is 2.36. The summed E-state index contributed by atoms with van der Waals surface area (Å²) >= 11 is 0. The molecule has 1 aromatic rings. The van der Waals surface area contributed by atoms with E-state index in [2.05, 4.69) is 0 Å². The van der Waals surface area contributed by atoms with Crippen molar-refractivity contribution in [2.45, 2.75) is 13.0 Å². The summed E-state index contributed by atoms with van der Waals surface area (Å²) < 4.78 is 5.43. The number of ether oxygens (including phenoxy) is 1. The number of aliphatic hydroxyl groups is 1. The molecular formula is C13H21N3O3. The topological polar surface area (TPSA) is 102 Å². The highest BCUT2D eigenvalue weighted by Crippen LogP contribution is 2.19. The van der Waals surface area contributed by atoms with Gasteiger partial charge < -0.3 is 21.3 Å². The molecule has 1 rings (SSSR count). The molecule has 19 heavy (non-hydrogen) atoms. The van der Waals surface area contributed by atoms with Crippen LogP contribution in [0.1, 0.15) is 6.92 Å². The minimum atomic E-state index is -0.709. The summed E-state index contributed by atoms with van der Waals surface area (Å²) in [4.78, 5) is 12.6. The zero-order valence-electron chi connectivity index (χ0n) is 11.1. The summed E-state index contributed by atoms with van der Waals surface area (Å²) in [6.07, 6.45) is -0.709. The van der Waals surface area contributed by atoms with Crippen LogP contribution in [0.3, 0.4) is 0 Å². The summed E-state index contributed by atoms with van der Waals surface area (Å²) in [5.74, 6) is 0.127. The molecule has 6 heteroatoms. The Hall–Kier alpha value is -1.79. The van der Waals surface area contributed by atoms with Crippen molar-refractivity contribution in [3.05, 3.63) is 24.3 Å². The second kappa shape index (κ2) is 7.60. The number of rotatable bonds is 8. The number of carbonyl (C=O) groups is 1. The van der Waals surface area contributed by atoms with Gasteiger partial charge in [0.2, 0.25) is 5.91 Å². The van der Waals surface area contributed by atoms with E-state index in [0.29, 0.717) is 24.5 Å². The van der Waals surface area contributed by atoms with Crippen LogP contribution in [0.5, 0.6) is 5.75 Å². The third-order valence-electron chi connectivity index (χ3n) is 2.65. The largest absolute Gasteiger partial charge is 0.489 e. The predicted molar refractivity (Wildman–Crippen MR) is 73.7 cm³/mol. The zero-order chi connectivity index (χ0) is 14.3. The second-order valence-electron chi connectivity index (χ2n) is 4.30. The number of nitrogen functional groups attached to an aromatic ring is 1. The number of carbonyl (C=O) groups excluding carboxylic acids is 1. The van der Waals surface area contributed by atoms with E-state index in [1.54, 1.807) is 17.0 Å². The number of benzene rings is 1. The first kappa shape index (κ1) is 15.3. The fraction of sp³-hybridized carbons (Fsp3) is 0.462. The number of nitrogens with zero attached hydrogens (tertiary/aromatic N) is 1. The first-order valence-electron chi connectivity index (χ1n) is 6.19. The van der Waals surface area contributed by atoms with Crippen LogP contribution < -0.4 is 16.2 Å². The van der Waals surface area contributed by atoms with Gasteiger partial charge in [0.15, 0.2) is 0 Å². The number of aliphatic hydroxyl groups excluding tert-OH is 1. The van der Waals surface area contributed by atoms with Crippen molar-refractivity contribution in [3.8, 4) is 5.75 Å². The Balaban J connectivity index is 2.40. The third kappa shape index (κ3) is 5.58. The lowest BCUT2D eigenvalue weighted by Crippen LogP contribution is -2.40. The van der Waals surface area contributed by atoms with Crippen molar-refractivity contribution in [1.29, 1.82) is 0 Å². The molecule has 0 aliphatic heterocycles. The number of hydrogen-bond acceptors (Lipinski definition) is 5. The minimum absolute atomic E-state index is 0.115. The van der Waals surface area contributed by atoms with E-state index >= 15 is 0 Å². The van der Waals surface area contributed by atoms with Crippen molar-refractivity contribution in [2.75, 3.05) is 32.0 Å². The Kier molecular flexibility index (Phi) is 6.11. The molecule has 5 N–H and O–H groups in total. The SMILES string of the molecule is CCN(CC(N)=O)CC(O)COc1ccccc1N. The van der Waals surface area contributed by atoms with Gasteiger partial charge in [0.25, 0.3) is 0 Å². The van der Waals surface area contributed by atoms with E-state index < -0.39 is 12.0 Å². The van der Waals surface area contributed by atoms with Gasteiger partial charge >= 0.3 is 0 Å². The molecule has 0 radical (unpaired) electrons. The van der Waals surface area contributed by atoms with Crippen LogP contribution in [0, 0.1) is 0 Å². The minimum Gasteiger partial charge on any atom is -0.489 e. The normalized spacial score (nSPS) is 12.4. The molecule has 0 aromatic heterocycles. The molecule has 1 unspecified atom stereocenters. The van der Waals surface area contributed by atoms with Crippen LogP contribution in [0.25, 0.3) is 0 Å². The summed E-state index contributed by atoms with van der Waals surface area (Å²) in [7, 11) is 0. The van der Waals surface area contributed by atoms with E-state index in [0.717, 1.165) is 0 Å². The molecule has 6 nitrogen and oxygen atoms in total. The standard InChI is InChI=1S/C13H21N3O3/c1-2-16(8-13(15)18)7-10(17)9-19-12-6-4-3-5-11(12)14/h3-6,10,17H,2,7-9,14H2,1H3,(H2,15,18). The van der Waals surface area contributed by atoms with Crippen LogP contribution in [0.15, 0.2) is 24.3 Å². The van der Waals surface area contributed by atoms with Gasteiger partial charge in [-0.25, -0.2) is 0 Å². The highest BCUT2D eigenvalue weighted by Gasteiger charge is 2.13. The molecule has 0 aliphatic rings. The molecular weight excluding hydrogens is 246 g/mol. The van der Waals surface area contributed by atoms with Crippen molar-refractivity contribution in [2.24, 2.45) is 5.73 Å². The molecule has 0 fully saturated rings. The van der Waals surface area contributed by atoms with E-state index in [4.69, 9.17) is 16.2 Å². The number of nitrogens with two attached hydrogens (primary N) is 2. The maximum atomic E-state index is 10.8. The molecule has 0 heterocycles. The van der Waals surface area contributed by atoms with Crippen LogP contribution in [0.2, 0.25) is 0 Å². The van der Waals surface area contributed by atoms with E-state index in [1.807, 2.05) is 19.1 Å². The smallest absolute Gasteiger partial charge is 0.231 e. The number of anilines is 1. The van der Waals surface area contributed by atoms with Crippen LogP contribution in [0.4, 0.5) is 5.69 Å². The van der Waals surface area contributed by atoms with Crippen molar-refractivity contribution in [1.82, 2.24) is 4.90 Å². The van der Waals surface area contributed by atoms with Gasteiger partial charge in [-0.05, 0) is 18.7 Å². The Morgan fingerprint density at radius 2 is 2.16 bits per heavy atom. The quantitative estimate of drug-likeness (QED) is 0.567. The highest BCUT2D eigenvalue weighted by atomic mass is 16.5. The molecule has 106 valence electrons. The van der Waals surface area contributed by atoms with Gasteiger partial charge in [0.1, 0.15) is 18.5 Å². The Morgan fingerprint density at radius 3 is 2.74 bits per heavy atom. The lowest BCUT2D eigenvalue weighted by molar-refractivity contribution is -0.119. The third-order valence-corrected chi connectivity index (χ3v) is 2.65. The molecule has 1 atom stereocenters. The Labute approximate surface area is 112 Å². The summed E-state index contributed by atoms with van der Waals surface area (Å²) in [6.45, 7) is 3.09. The fourth-order valence-electron chi connectivity index (χ4n) is 1.67. The first-order valence-corrected chi connectivity index (χ1v) is 6.19. The van der Waals surface area contributed by atoms with E-state index in [9.17, 15) is 9.90 Å². The van der Waals surface area contributed by atoms with Gasteiger partial charge in [0.05, 0.1) is 12.2 Å². The summed E-state index contributed by atoms with van der Waals surface area (Å²) in [5, 5.41) is 9.86. The zero-order valence-corrected chi connectivity index (χ0v) is 11.1. The summed E-state index contributed by atoms with van der Waals surface area (Å²) in [5.41, 5.74) is 11.4. The highest BCUT2D eigenvalue weighted by molar-refractivity contribution is 5.75. The molecule has 1 aromatic carbocycles. The molecule has 0 saturated heterocycles. The number of para-hydroxylation sites is 2. The number of hydrogen-bond donors (Lipinski definition) is 3. The van der Waals surface area contributed by atoms with Gasteiger partial charge in [-0.1, -0.05) is 19.1 Å². The maximum absolute atomic E-state index is 10.8. The monoisotopic (exact) mass is 267 g/mol. The van der Waals surface area contributed by atoms with Gasteiger partial charge in [-0.2, -0.15) is 0 Å². The van der Waals surface area contributed by atoms with Gasteiger partial charge in [-0.3, -0.25) is 9.69 Å². The van der Waals surface area contributed by atoms with Crippen LogP contribution >= 0.6 is 0 Å². The number of likely N-dealkylation sites (N-methyl/N-ethyl adjacent to an activating group) is 1. The van der Waals surface area contributed by atoms with Crippen LogP contribution in [-0.4, -0.2) is 48.3 Å². The van der Waals surface area contributed by atoms with Crippen molar-refractivity contribution < 1.29 is 14.6 Å². The molecule has 0 spiro atoms. The molecule has 0 aliphatic carbocycles. The molecule has 0 bridgehead atoms. The average molecular weight is 267 g/mol. The second-order valence-corrected chi connectivity index (χ2v) is 4.30. The Morgan fingerprint density at radius 1 is 1.47 bits per heavy atom. The predicted octanol–water partition coefficient (Wildman–Crippen LogP) is -0.184. The van der Waals surface area contributed by atoms with E-state index in [1.165, 1.54) is 0 Å². The van der Waals surface area contributed by atoms with Crippen molar-refractivity contribution in [3.63, 3.8) is 0 Å².